The number of hydrogen-bond acceptors (Lipinski definition) is 3. The Balaban J connectivity index is 1.62. The van der Waals surface area contributed by atoms with Crippen molar-refractivity contribution < 1.29 is 4.79 Å². The van der Waals surface area contributed by atoms with Gasteiger partial charge in [-0.1, -0.05) is 18.2 Å². The first-order chi connectivity index (χ1) is 10.7. The molecule has 1 aromatic heterocycles. The van der Waals surface area contributed by atoms with Gasteiger partial charge in [0.2, 0.25) is 0 Å². The van der Waals surface area contributed by atoms with E-state index >= 15 is 0 Å². The minimum absolute atomic E-state index is 0.223. The van der Waals surface area contributed by atoms with E-state index in [0.717, 1.165) is 37.0 Å². The van der Waals surface area contributed by atoms with E-state index in [1.165, 1.54) is 17.5 Å². The summed E-state index contributed by atoms with van der Waals surface area (Å²) in [7, 11) is 0. The Kier molecular flexibility index (Phi) is 3.46. The summed E-state index contributed by atoms with van der Waals surface area (Å²) in [4.78, 5) is 15.2. The second-order valence-electron chi connectivity index (χ2n) is 6.88. The molecule has 0 radical (unpaired) electrons. The topological polar surface area (TPSA) is 32.3 Å². The molecular weight excluding hydrogens is 292 g/mol. The largest absolute Gasteiger partial charge is 0.335 e. The molecular formula is C18H22N2OS. The van der Waals surface area contributed by atoms with Gasteiger partial charge in [0.15, 0.2) is 0 Å². The number of likely N-dealkylation sites (tertiary alicyclic amines) is 1. The van der Waals surface area contributed by atoms with Crippen molar-refractivity contribution in [1.29, 1.82) is 0 Å². The highest BCUT2D eigenvalue weighted by atomic mass is 32.1. The molecule has 2 aliphatic rings. The van der Waals surface area contributed by atoms with E-state index in [1.54, 1.807) is 11.3 Å². The summed E-state index contributed by atoms with van der Waals surface area (Å²) in [5.74, 6) is 0.223. The van der Waals surface area contributed by atoms with Gasteiger partial charge in [0.25, 0.3) is 5.91 Å². The Morgan fingerprint density at radius 1 is 1.32 bits per heavy atom. The maximum atomic E-state index is 13.1. The van der Waals surface area contributed by atoms with Crippen LogP contribution in [0.15, 0.2) is 29.6 Å². The molecule has 3 heterocycles. The van der Waals surface area contributed by atoms with Crippen molar-refractivity contribution >= 4 is 27.3 Å². The first-order valence-corrected chi connectivity index (χ1v) is 9.04. The lowest BCUT2D eigenvalue weighted by atomic mass is 9.77. The zero-order chi connectivity index (χ0) is 15.2. The van der Waals surface area contributed by atoms with Crippen molar-refractivity contribution in [2.24, 2.45) is 5.41 Å². The third-order valence-corrected chi connectivity index (χ3v) is 6.37. The molecule has 2 aromatic rings. The molecule has 1 unspecified atom stereocenters. The van der Waals surface area contributed by atoms with Crippen LogP contribution in [0.1, 0.15) is 36.5 Å². The van der Waals surface area contributed by atoms with E-state index in [4.69, 9.17) is 0 Å². The SMILES string of the molecule is CC1CC2(CCNCC2)CN1C(=O)c1csc2ccccc12. The lowest BCUT2D eigenvalue weighted by molar-refractivity contribution is 0.0726. The number of carbonyl (C=O) groups excluding carboxylic acids is 1. The highest BCUT2D eigenvalue weighted by Gasteiger charge is 2.44. The second-order valence-corrected chi connectivity index (χ2v) is 7.79. The minimum Gasteiger partial charge on any atom is -0.335 e. The van der Waals surface area contributed by atoms with Gasteiger partial charge < -0.3 is 10.2 Å². The number of carbonyl (C=O) groups is 1. The maximum Gasteiger partial charge on any atom is 0.255 e. The Bertz CT molecular complexity index is 702. The minimum atomic E-state index is 0.223. The van der Waals surface area contributed by atoms with Gasteiger partial charge in [-0.05, 0) is 50.8 Å². The van der Waals surface area contributed by atoms with Gasteiger partial charge in [0, 0.05) is 28.1 Å². The summed E-state index contributed by atoms with van der Waals surface area (Å²) in [6, 6.07) is 8.58. The molecule has 116 valence electrons. The van der Waals surface area contributed by atoms with Crippen LogP contribution in [0.4, 0.5) is 0 Å². The molecule has 22 heavy (non-hydrogen) atoms. The van der Waals surface area contributed by atoms with E-state index in [-0.39, 0.29) is 5.91 Å². The van der Waals surface area contributed by atoms with Gasteiger partial charge in [0.1, 0.15) is 0 Å². The Hall–Kier alpha value is -1.39. The molecule has 3 nitrogen and oxygen atoms in total. The smallest absolute Gasteiger partial charge is 0.255 e. The van der Waals surface area contributed by atoms with Gasteiger partial charge in [-0.3, -0.25) is 4.79 Å². The summed E-state index contributed by atoms with van der Waals surface area (Å²) in [6.45, 7) is 5.33. The van der Waals surface area contributed by atoms with Crippen molar-refractivity contribution in [3.8, 4) is 0 Å². The maximum absolute atomic E-state index is 13.1. The number of rotatable bonds is 1. The molecule has 1 amide bonds. The normalized spacial score (nSPS) is 24.2. The van der Waals surface area contributed by atoms with Crippen molar-refractivity contribution in [1.82, 2.24) is 10.2 Å². The predicted octanol–water partition coefficient (Wildman–Crippen LogP) is 3.51. The van der Waals surface area contributed by atoms with Crippen LogP contribution in [-0.2, 0) is 0 Å². The van der Waals surface area contributed by atoms with Gasteiger partial charge >= 0.3 is 0 Å². The highest BCUT2D eigenvalue weighted by Crippen LogP contribution is 2.42. The Morgan fingerprint density at radius 2 is 2.09 bits per heavy atom. The van der Waals surface area contributed by atoms with Gasteiger partial charge in [-0.2, -0.15) is 0 Å². The van der Waals surface area contributed by atoms with Crippen LogP contribution in [0, 0.1) is 5.41 Å². The third kappa shape index (κ3) is 2.25. The summed E-state index contributed by atoms with van der Waals surface area (Å²) in [6.07, 6.45) is 3.56. The molecule has 0 saturated carbocycles. The molecule has 4 rings (SSSR count). The summed E-state index contributed by atoms with van der Waals surface area (Å²) < 4.78 is 1.20. The fraction of sp³-hybridized carbons (Fsp3) is 0.500. The fourth-order valence-electron chi connectivity index (χ4n) is 4.21. The third-order valence-electron chi connectivity index (χ3n) is 5.40. The van der Waals surface area contributed by atoms with Crippen molar-refractivity contribution in [3.05, 3.63) is 35.2 Å². The van der Waals surface area contributed by atoms with Crippen LogP contribution in [0.5, 0.6) is 0 Å². The average molecular weight is 314 g/mol. The van der Waals surface area contributed by atoms with Crippen LogP contribution in [0.25, 0.3) is 10.1 Å². The Morgan fingerprint density at radius 3 is 2.91 bits per heavy atom. The number of fused-ring (bicyclic) bond motifs is 1. The van der Waals surface area contributed by atoms with Gasteiger partial charge in [0.05, 0.1) is 5.56 Å². The summed E-state index contributed by atoms with van der Waals surface area (Å²) in [5, 5.41) is 6.59. The van der Waals surface area contributed by atoms with Crippen molar-refractivity contribution in [2.75, 3.05) is 19.6 Å². The quantitative estimate of drug-likeness (QED) is 0.873. The molecule has 1 N–H and O–H groups in total. The highest BCUT2D eigenvalue weighted by molar-refractivity contribution is 7.17. The van der Waals surface area contributed by atoms with E-state index in [0.29, 0.717) is 11.5 Å². The lowest BCUT2D eigenvalue weighted by Crippen LogP contribution is -2.40. The first kappa shape index (κ1) is 14.2. The molecule has 0 bridgehead atoms. The first-order valence-electron chi connectivity index (χ1n) is 8.16. The number of piperidine rings is 1. The van der Waals surface area contributed by atoms with Crippen LogP contribution in [0.3, 0.4) is 0 Å². The molecule has 1 spiro atoms. The molecule has 0 aliphatic carbocycles. The van der Waals surface area contributed by atoms with E-state index < -0.39 is 0 Å². The zero-order valence-electron chi connectivity index (χ0n) is 13.0. The van der Waals surface area contributed by atoms with Crippen molar-refractivity contribution in [2.45, 2.75) is 32.2 Å². The van der Waals surface area contributed by atoms with Crippen LogP contribution < -0.4 is 5.32 Å². The monoisotopic (exact) mass is 314 g/mol. The summed E-state index contributed by atoms with van der Waals surface area (Å²) in [5.41, 5.74) is 1.24. The predicted molar refractivity (Wildman–Crippen MR) is 91.5 cm³/mol. The molecule has 1 atom stereocenters. The Labute approximate surface area is 135 Å². The fourth-order valence-corrected chi connectivity index (χ4v) is 5.14. The molecule has 2 aliphatic heterocycles. The van der Waals surface area contributed by atoms with Crippen LogP contribution >= 0.6 is 11.3 Å². The molecule has 2 saturated heterocycles. The number of hydrogen-bond donors (Lipinski definition) is 1. The van der Waals surface area contributed by atoms with Crippen LogP contribution in [0.2, 0.25) is 0 Å². The number of nitrogens with one attached hydrogen (secondary N) is 1. The van der Waals surface area contributed by atoms with Gasteiger partial charge in [-0.15, -0.1) is 11.3 Å². The molecule has 1 aromatic carbocycles. The zero-order valence-corrected chi connectivity index (χ0v) is 13.8. The lowest BCUT2D eigenvalue weighted by Gasteiger charge is -2.33. The second kappa shape index (κ2) is 5.36. The average Bonchev–Trinajstić information content (AvgIpc) is 3.09. The molecule has 2 fully saturated rings. The standard InChI is InChI=1S/C18H22N2OS/c1-13-10-18(6-8-19-9-7-18)12-20(13)17(21)15-11-22-16-5-3-2-4-14(15)16/h2-5,11,13,19H,6-10,12H2,1H3. The van der Waals surface area contributed by atoms with E-state index in [2.05, 4.69) is 29.3 Å². The van der Waals surface area contributed by atoms with Crippen LogP contribution in [-0.4, -0.2) is 36.5 Å². The van der Waals surface area contributed by atoms with E-state index in [9.17, 15) is 4.79 Å². The number of nitrogens with zero attached hydrogens (tertiary/aromatic N) is 1. The molecule has 4 heteroatoms. The number of thiophene rings is 1. The van der Waals surface area contributed by atoms with Crippen molar-refractivity contribution in [3.63, 3.8) is 0 Å². The summed E-state index contributed by atoms with van der Waals surface area (Å²) >= 11 is 1.67. The number of amides is 1. The van der Waals surface area contributed by atoms with E-state index in [1.807, 2.05) is 17.5 Å². The van der Waals surface area contributed by atoms with Gasteiger partial charge in [-0.25, -0.2) is 0 Å². The number of benzene rings is 1.